The Hall–Kier alpha value is -1.91. The first kappa shape index (κ1) is 16.9. The Morgan fingerprint density at radius 2 is 2.08 bits per heavy atom. The molecule has 1 heterocycles. The molecule has 0 aromatic heterocycles. The zero-order chi connectivity index (χ0) is 17.3. The Labute approximate surface area is 141 Å². The van der Waals surface area contributed by atoms with Gasteiger partial charge in [-0.1, -0.05) is 19.1 Å². The first-order chi connectivity index (χ1) is 11.5. The number of hydrogen-bond donors (Lipinski definition) is 1. The van der Waals surface area contributed by atoms with Crippen LogP contribution >= 0.6 is 0 Å². The van der Waals surface area contributed by atoms with E-state index in [1.54, 1.807) is 11.0 Å². The van der Waals surface area contributed by atoms with Gasteiger partial charge in [0, 0.05) is 19.0 Å². The number of carboxylic acids is 1. The molecule has 1 aromatic rings. The van der Waals surface area contributed by atoms with Crippen LogP contribution in [-0.4, -0.2) is 35.0 Å². The maximum absolute atomic E-state index is 13.2. The standard InChI is InChI=1S/C19H24FNO3/c1-12(5-6-13-3-2-4-15(20)9-13)18(22)21-10-16(14-7-8-14)17(11-21)19(23)24/h2-4,9,12,14,16-17H,5-8,10-11H2,1H3,(H,23,24)/t12?,16-,17+/m1/s1. The van der Waals surface area contributed by atoms with E-state index < -0.39 is 11.9 Å². The van der Waals surface area contributed by atoms with Gasteiger partial charge in [-0.3, -0.25) is 9.59 Å². The fourth-order valence-electron chi connectivity index (χ4n) is 3.78. The van der Waals surface area contributed by atoms with Gasteiger partial charge in [-0.05, 0) is 55.2 Å². The molecule has 3 atom stereocenters. The maximum Gasteiger partial charge on any atom is 0.308 e. The van der Waals surface area contributed by atoms with Gasteiger partial charge in [0.15, 0.2) is 0 Å². The molecule has 4 nitrogen and oxygen atoms in total. The van der Waals surface area contributed by atoms with Gasteiger partial charge in [0.05, 0.1) is 5.92 Å². The van der Waals surface area contributed by atoms with Crippen LogP contribution in [0, 0.1) is 29.5 Å². The molecular weight excluding hydrogens is 309 g/mol. The lowest BCUT2D eigenvalue weighted by Gasteiger charge is -2.21. The second kappa shape index (κ2) is 6.91. The lowest BCUT2D eigenvalue weighted by atomic mass is 9.92. The number of carboxylic acid groups (broad SMARTS) is 1. The minimum absolute atomic E-state index is 0.0285. The number of aliphatic carboxylic acids is 1. The van der Waals surface area contributed by atoms with E-state index >= 15 is 0 Å². The number of benzene rings is 1. The summed E-state index contributed by atoms with van der Waals surface area (Å²) in [4.78, 5) is 25.8. The first-order valence-electron chi connectivity index (χ1n) is 8.71. The van der Waals surface area contributed by atoms with Crippen LogP contribution in [-0.2, 0) is 16.0 Å². The smallest absolute Gasteiger partial charge is 0.308 e. The fraction of sp³-hybridized carbons (Fsp3) is 0.579. The van der Waals surface area contributed by atoms with E-state index in [1.807, 2.05) is 13.0 Å². The number of nitrogens with zero attached hydrogens (tertiary/aromatic N) is 1. The zero-order valence-corrected chi connectivity index (χ0v) is 14.0. The van der Waals surface area contributed by atoms with Crippen molar-refractivity contribution >= 4 is 11.9 Å². The Morgan fingerprint density at radius 1 is 1.33 bits per heavy atom. The summed E-state index contributed by atoms with van der Waals surface area (Å²) in [6.07, 6.45) is 3.47. The predicted molar refractivity (Wildman–Crippen MR) is 87.8 cm³/mol. The van der Waals surface area contributed by atoms with Crippen molar-refractivity contribution in [3.63, 3.8) is 0 Å². The first-order valence-corrected chi connectivity index (χ1v) is 8.71. The Kier molecular flexibility index (Phi) is 4.88. The third-order valence-corrected chi connectivity index (χ3v) is 5.40. The molecular formula is C19H24FNO3. The van der Waals surface area contributed by atoms with Crippen molar-refractivity contribution in [1.82, 2.24) is 4.90 Å². The van der Waals surface area contributed by atoms with Crippen molar-refractivity contribution < 1.29 is 19.1 Å². The molecule has 1 unspecified atom stereocenters. The summed E-state index contributed by atoms with van der Waals surface area (Å²) in [5, 5.41) is 9.40. The largest absolute Gasteiger partial charge is 0.481 e. The second-order valence-corrected chi connectivity index (χ2v) is 7.26. The molecule has 1 amide bonds. The molecule has 130 valence electrons. The minimum Gasteiger partial charge on any atom is -0.481 e. The van der Waals surface area contributed by atoms with Gasteiger partial charge >= 0.3 is 5.97 Å². The van der Waals surface area contributed by atoms with E-state index in [1.165, 1.54) is 12.1 Å². The Morgan fingerprint density at radius 3 is 2.71 bits per heavy atom. The van der Waals surface area contributed by atoms with Crippen molar-refractivity contribution in [3.8, 4) is 0 Å². The quantitative estimate of drug-likeness (QED) is 0.871. The molecule has 2 fully saturated rings. The van der Waals surface area contributed by atoms with Crippen LogP contribution in [0.2, 0.25) is 0 Å². The third kappa shape index (κ3) is 3.77. The molecule has 1 aliphatic carbocycles. The summed E-state index contributed by atoms with van der Waals surface area (Å²) in [6, 6.07) is 6.44. The van der Waals surface area contributed by atoms with E-state index in [-0.39, 0.29) is 23.6 Å². The van der Waals surface area contributed by atoms with Gasteiger partial charge in [-0.25, -0.2) is 4.39 Å². The molecule has 1 saturated heterocycles. The van der Waals surface area contributed by atoms with Crippen molar-refractivity contribution in [2.45, 2.75) is 32.6 Å². The van der Waals surface area contributed by atoms with Crippen LogP contribution in [0.4, 0.5) is 4.39 Å². The number of amides is 1. The molecule has 3 rings (SSSR count). The van der Waals surface area contributed by atoms with Crippen LogP contribution < -0.4 is 0 Å². The fourth-order valence-corrected chi connectivity index (χ4v) is 3.78. The summed E-state index contributed by atoms with van der Waals surface area (Å²) >= 11 is 0. The Bertz CT molecular complexity index is 629. The molecule has 2 aliphatic rings. The second-order valence-electron chi connectivity index (χ2n) is 7.26. The maximum atomic E-state index is 13.2. The lowest BCUT2D eigenvalue weighted by molar-refractivity contribution is -0.143. The highest BCUT2D eigenvalue weighted by atomic mass is 19.1. The van der Waals surface area contributed by atoms with Crippen molar-refractivity contribution in [3.05, 3.63) is 35.6 Å². The average Bonchev–Trinajstić information content (AvgIpc) is 3.30. The molecule has 1 N–H and O–H groups in total. The Balaban J connectivity index is 1.56. The van der Waals surface area contributed by atoms with Gasteiger partial charge in [-0.2, -0.15) is 0 Å². The van der Waals surface area contributed by atoms with Gasteiger partial charge in [0.1, 0.15) is 5.82 Å². The summed E-state index contributed by atoms with van der Waals surface area (Å²) in [5.41, 5.74) is 0.885. The third-order valence-electron chi connectivity index (χ3n) is 5.40. The van der Waals surface area contributed by atoms with Crippen LogP contribution in [0.25, 0.3) is 0 Å². The number of carbonyl (C=O) groups excluding carboxylic acids is 1. The van der Waals surface area contributed by atoms with Crippen LogP contribution in [0.1, 0.15) is 31.7 Å². The van der Waals surface area contributed by atoms with Gasteiger partial charge < -0.3 is 10.0 Å². The highest BCUT2D eigenvalue weighted by Crippen LogP contribution is 2.44. The molecule has 24 heavy (non-hydrogen) atoms. The lowest BCUT2D eigenvalue weighted by Crippen LogP contribution is -2.34. The normalized spacial score (nSPS) is 24.8. The molecule has 0 radical (unpaired) electrons. The van der Waals surface area contributed by atoms with Gasteiger partial charge in [-0.15, -0.1) is 0 Å². The average molecular weight is 333 g/mol. The molecule has 1 aromatic carbocycles. The summed E-state index contributed by atoms with van der Waals surface area (Å²) < 4.78 is 13.2. The number of carbonyl (C=O) groups is 2. The van der Waals surface area contributed by atoms with E-state index in [0.29, 0.717) is 31.8 Å². The van der Waals surface area contributed by atoms with Crippen LogP contribution in [0.15, 0.2) is 24.3 Å². The molecule has 0 spiro atoms. The SMILES string of the molecule is CC(CCc1cccc(F)c1)C(=O)N1C[C@H](C(=O)O)[C@@H](C2CC2)C1. The highest BCUT2D eigenvalue weighted by Gasteiger charge is 2.47. The molecule has 5 heteroatoms. The number of halogens is 1. The molecule has 1 saturated carbocycles. The monoisotopic (exact) mass is 333 g/mol. The summed E-state index contributed by atoms with van der Waals surface area (Å²) in [7, 11) is 0. The van der Waals surface area contributed by atoms with E-state index in [2.05, 4.69) is 0 Å². The highest BCUT2D eigenvalue weighted by molar-refractivity contribution is 5.80. The van der Waals surface area contributed by atoms with Crippen molar-refractivity contribution in [2.24, 2.45) is 23.7 Å². The van der Waals surface area contributed by atoms with E-state index in [4.69, 9.17) is 0 Å². The number of likely N-dealkylation sites (tertiary alicyclic amines) is 1. The van der Waals surface area contributed by atoms with Gasteiger partial charge in [0.25, 0.3) is 0 Å². The topological polar surface area (TPSA) is 57.6 Å². The number of rotatable bonds is 6. The van der Waals surface area contributed by atoms with Crippen LogP contribution in [0.3, 0.4) is 0 Å². The van der Waals surface area contributed by atoms with Crippen molar-refractivity contribution in [1.29, 1.82) is 0 Å². The van der Waals surface area contributed by atoms with Crippen LogP contribution in [0.5, 0.6) is 0 Å². The number of hydrogen-bond acceptors (Lipinski definition) is 2. The molecule has 1 aliphatic heterocycles. The summed E-state index contributed by atoms with van der Waals surface area (Å²) in [6.45, 7) is 2.78. The van der Waals surface area contributed by atoms with E-state index in [0.717, 1.165) is 18.4 Å². The van der Waals surface area contributed by atoms with E-state index in [9.17, 15) is 19.1 Å². The van der Waals surface area contributed by atoms with Gasteiger partial charge in [0.2, 0.25) is 5.91 Å². The summed E-state index contributed by atoms with van der Waals surface area (Å²) in [5.74, 6) is -1.02. The zero-order valence-electron chi connectivity index (χ0n) is 14.0. The minimum atomic E-state index is -0.783. The number of aryl methyl sites for hydroxylation is 1. The predicted octanol–water partition coefficient (Wildman–Crippen LogP) is 2.96. The van der Waals surface area contributed by atoms with Crippen molar-refractivity contribution in [2.75, 3.05) is 13.1 Å². The molecule has 0 bridgehead atoms.